The van der Waals surface area contributed by atoms with E-state index in [9.17, 15) is 9.59 Å². The summed E-state index contributed by atoms with van der Waals surface area (Å²) in [5, 5.41) is 4.43. The molecule has 1 saturated carbocycles. The number of nitrogens with one attached hydrogen (secondary N) is 1. The number of rotatable bonds is 3. The second kappa shape index (κ2) is 6.99. The van der Waals surface area contributed by atoms with Gasteiger partial charge in [-0.1, -0.05) is 18.2 Å². The van der Waals surface area contributed by atoms with Crippen molar-refractivity contribution in [3.05, 3.63) is 58.2 Å². The van der Waals surface area contributed by atoms with Gasteiger partial charge in [0.2, 0.25) is 0 Å². The Morgan fingerprint density at radius 1 is 1.00 bits per heavy atom. The Kier molecular flexibility index (Phi) is 4.55. The molecule has 0 spiro atoms. The van der Waals surface area contributed by atoms with Gasteiger partial charge in [-0.05, 0) is 65.9 Å². The number of amides is 2. The van der Waals surface area contributed by atoms with Gasteiger partial charge in [0.25, 0.3) is 11.8 Å². The average Bonchev–Trinajstić information content (AvgIpc) is 2.92. The fraction of sp³-hybridized carbons (Fsp3) is 0.263. The van der Waals surface area contributed by atoms with Crippen LogP contribution in [0.5, 0.6) is 0 Å². The van der Waals surface area contributed by atoms with E-state index < -0.39 is 0 Å². The molecule has 1 aromatic heterocycles. The first-order valence-electron chi connectivity index (χ1n) is 8.54. The smallest absolute Gasteiger partial charge is 0.261 e. The van der Waals surface area contributed by atoms with Gasteiger partial charge in [-0.15, -0.1) is 0 Å². The van der Waals surface area contributed by atoms with Crippen LogP contribution >= 0.6 is 15.9 Å². The molecule has 6 nitrogen and oxygen atoms in total. The monoisotopic (exact) mass is 412 g/mol. The third kappa shape index (κ3) is 3.14. The molecule has 0 atom stereocenters. The molecule has 2 amide bonds. The van der Waals surface area contributed by atoms with Crippen LogP contribution in [0.25, 0.3) is 0 Å². The highest BCUT2D eigenvalue weighted by molar-refractivity contribution is 9.10. The predicted octanol–water partition coefficient (Wildman–Crippen LogP) is 3.85. The van der Waals surface area contributed by atoms with Crippen molar-refractivity contribution < 1.29 is 9.59 Å². The van der Waals surface area contributed by atoms with E-state index in [1.165, 1.54) is 4.90 Å². The number of nitrogens with zero attached hydrogens (tertiary/aromatic N) is 3. The minimum Gasteiger partial charge on any atom is -0.271 e. The van der Waals surface area contributed by atoms with Gasteiger partial charge in [0.05, 0.1) is 11.1 Å². The lowest BCUT2D eigenvalue weighted by atomic mass is 9.92. The summed E-state index contributed by atoms with van der Waals surface area (Å²) in [6, 6.07) is 12.6. The van der Waals surface area contributed by atoms with Crippen molar-refractivity contribution in [2.24, 2.45) is 5.10 Å². The summed E-state index contributed by atoms with van der Waals surface area (Å²) in [7, 11) is 0. The van der Waals surface area contributed by atoms with E-state index in [1.54, 1.807) is 24.3 Å². The van der Waals surface area contributed by atoms with E-state index in [0.29, 0.717) is 16.9 Å². The summed E-state index contributed by atoms with van der Waals surface area (Å²) >= 11 is 3.33. The van der Waals surface area contributed by atoms with Gasteiger partial charge in [0, 0.05) is 11.8 Å². The van der Waals surface area contributed by atoms with Crippen molar-refractivity contribution in [1.29, 1.82) is 0 Å². The van der Waals surface area contributed by atoms with Crippen LogP contribution in [0.2, 0.25) is 0 Å². The third-order valence-corrected chi connectivity index (χ3v) is 5.21. The first-order valence-corrected chi connectivity index (χ1v) is 9.34. The lowest BCUT2D eigenvalue weighted by Gasteiger charge is -2.30. The molecule has 2 heterocycles. The minimum absolute atomic E-state index is 0.0645. The molecule has 26 heavy (non-hydrogen) atoms. The summed E-state index contributed by atoms with van der Waals surface area (Å²) < 4.78 is 0.747. The van der Waals surface area contributed by atoms with E-state index in [2.05, 4.69) is 31.4 Å². The minimum atomic E-state index is -0.174. The van der Waals surface area contributed by atoms with Crippen LogP contribution in [-0.2, 0) is 0 Å². The van der Waals surface area contributed by atoms with Crippen LogP contribution < -0.4 is 5.43 Å². The van der Waals surface area contributed by atoms with Crippen molar-refractivity contribution in [3.63, 3.8) is 0 Å². The highest BCUT2D eigenvalue weighted by atomic mass is 79.9. The SMILES string of the molecule is O=C1c2ccccc2C(=O)N1C1CCC(=NNc2cccc(Br)n2)CC1. The number of halogens is 1. The lowest BCUT2D eigenvalue weighted by molar-refractivity contribution is 0.0565. The van der Waals surface area contributed by atoms with Gasteiger partial charge >= 0.3 is 0 Å². The Morgan fingerprint density at radius 3 is 2.27 bits per heavy atom. The molecule has 0 radical (unpaired) electrons. The standard InChI is InChI=1S/C19H17BrN4O2/c20-16-6-3-7-17(21-16)23-22-12-8-10-13(11-9-12)24-18(25)14-4-1-2-5-15(14)19(24)26/h1-7,13H,8-11H2,(H,21,23). The molecule has 2 aliphatic rings. The van der Waals surface area contributed by atoms with E-state index in [-0.39, 0.29) is 17.9 Å². The van der Waals surface area contributed by atoms with Gasteiger partial charge in [-0.3, -0.25) is 19.9 Å². The largest absolute Gasteiger partial charge is 0.271 e. The summed E-state index contributed by atoms with van der Waals surface area (Å²) in [6.45, 7) is 0. The summed E-state index contributed by atoms with van der Waals surface area (Å²) in [5.41, 5.74) is 5.02. The Hall–Kier alpha value is -2.54. The molecular weight excluding hydrogens is 396 g/mol. The molecule has 0 saturated heterocycles. The zero-order chi connectivity index (χ0) is 18.1. The number of carbonyl (C=O) groups is 2. The molecule has 1 N–H and O–H groups in total. The second-order valence-corrected chi connectivity index (χ2v) is 7.20. The van der Waals surface area contributed by atoms with E-state index in [4.69, 9.17) is 0 Å². The van der Waals surface area contributed by atoms with Gasteiger partial charge in [0.15, 0.2) is 0 Å². The highest BCUT2D eigenvalue weighted by Crippen LogP contribution is 2.30. The number of hydrogen-bond donors (Lipinski definition) is 1. The van der Waals surface area contributed by atoms with E-state index >= 15 is 0 Å². The number of hydrazone groups is 1. The van der Waals surface area contributed by atoms with E-state index in [0.717, 1.165) is 36.0 Å². The Labute approximate surface area is 159 Å². The Morgan fingerprint density at radius 2 is 1.65 bits per heavy atom. The zero-order valence-corrected chi connectivity index (χ0v) is 15.6. The van der Waals surface area contributed by atoms with Gasteiger partial charge in [0.1, 0.15) is 10.4 Å². The molecular formula is C19H17BrN4O2. The summed E-state index contributed by atoms with van der Waals surface area (Å²) in [5.74, 6) is 0.328. The number of pyridine rings is 1. The molecule has 132 valence electrons. The average molecular weight is 413 g/mol. The third-order valence-electron chi connectivity index (χ3n) is 4.77. The summed E-state index contributed by atoms with van der Waals surface area (Å²) in [6.07, 6.45) is 2.97. The second-order valence-electron chi connectivity index (χ2n) is 6.39. The van der Waals surface area contributed by atoms with Crippen LogP contribution in [0.1, 0.15) is 46.4 Å². The molecule has 1 aromatic carbocycles. The van der Waals surface area contributed by atoms with Gasteiger partial charge < -0.3 is 0 Å². The van der Waals surface area contributed by atoms with Crippen molar-refractivity contribution in [2.45, 2.75) is 31.7 Å². The highest BCUT2D eigenvalue weighted by Gasteiger charge is 2.40. The topological polar surface area (TPSA) is 74.7 Å². The van der Waals surface area contributed by atoms with Crippen molar-refractivity contribution in [2.75, 3.05) is 5.43 Å². The molecule has 1 aliphatic carbocycles. The maximum Gasteiger partial charge on any atom is 0.261 e. The van der Waals surface area contributed by atoms with Crippen LogP contribution in [0.3, 0.4) is 0 Å². The molecule has 7 heteroatoms. The Bertz CT molecular complexity index is 867. The maximum atomic E-state index is 12.6. The van der Waals surface area contributed by atoms with Crippen molar-refractivity contribution in [3.8, 4) is 0 Å². The summed E-state index contributed by atoms with van der Waals surface area (Å²) in [4.78, 5) is 30.9. The molecule has 4 rings (SSSR count). The maximum absolute atomic E-state index is 12.6. The van der Waals surface area contributed by atoms with Crippen molar-refractivity contribution in [1.82, 2.24) is 9.88 Å². The molecule has 2 aromatic rings. The number of anilines is 1. The number of benzene rings is 1. The number of carbonyl (C=O) groups excluding carboxylic acids is 2. The van der Waals surface area contributed by atoms with Gasteiger partial charge in [-0.2, -0.15) is 5.10 Å². The number of fused-ring (bicyclic) bond motifs is 1. The fourth-order valence-electron chi connectivity index (χ4n) is 3.45. The predicted molar refractivity (Wildman–Crippen MR) is 102 cm³/mol. The van der Waals surface area contributed by atoms with Crippen molar-refractivity contribution >= 4 is 39.3 Å². The lowest BCUT2D eigenvalue weighted by Crippen LogP contribution is -2.42. The first kappa shape index (κ1) is 16.9. The van der Waals surface area contributed by atoms with E-state index in [1.807, 2.05) is 18.2 Å². The fourth-order valence-corrected chi connectivity index (χ4v) is 3.80. The molecule has 1 aliphatic heterocycles. The van der Waals surface area contributed by atoms with Crippen LogP contribution in [0.15, 0.2) is 52.2 Å². The number of hydrogen-bond acceptors (Lipinski definition) is 5. The molecule has 0 bridgehead atoms. The number of aromatic nitrogens is 1. The first-order chi connectivity index (χ1) is 12.6. The number of imide groups is 1. The normalized spacial score (nSPS) is 19.5. The van der Waals surface area contributed by atoms with Crippen LogP contribution in [-0.4, -0.2) is 33.5 Å². The zero-order valence-electron chi connectivity index (χ0n) is 14.0. The molecule has 1 fully saturated rings. The van der Waals surface area contributed by atoms with Crippen LogP contribution in [0.4, 0.5) is 5.82 Å². The molecule has 0 unspecified atom stereocenters. The van der Waals surface area contributed by atoms with Crippen LogP contribution in [0, 0.1) is 0 Å². The quantitative estimate of drug-likeness (QED) is 0.471. The van der Waals surface area contributed by atoms with Gasteiger partial charge in [-0.25, -0.2) is 4.98 Å². The Balaban J connectivity index is 1.41.